The second kappa shape index (κ2) is 8.35. The first-order valence-electron chi connectivity index (χ1n) is 10.2. The van der Waals surface area contributed by atoms with E-state index in [1.807, 2.05) is 12.1 Å². The summed E-state index contributed by atoms with van der Waals surface area (Å²) in [6.45, 7) is 3.13. The number of nitrogens with one attached hydrogen (secondary N) is 1. The van der Waals surface area contributed by atoms with Crippen molar-refractivity contribution in [3.63, 3.8) is 0 Å². The van der Waals surface area contributed by atoms with Gasteiger partial charge in [0, 0.05) is 31.9 Å². The Balaban J connectivity index is 1.34. The maximum Gasteiger partial charge on any atom is 0.243 e. The number of benzene rings is 2. The molecule has 2 aromatic rings. The van der Waals surface area contributed by atoms with E-state index < -0.39 is 10.0 Å². The lowest BCUT2D eigenvalue weighted by Gasteiger charge is -2.34. The molecule has 1 saturated heterocycles. The summed E-state index contributed by atoms with van der Waals surface area (Å²) in [6.07, 6.45) is 3.02. The van der Waals surface area contributed by atoms with E-state index in [1.54, 1.807) is 24.0 Å². The van der Waals surface area contributed by atoms with Crippen molar-refractivity contribution < 1.29 is 17.6 Å². The van der Waals surface area contributed by atoms with Gasteiger partial charge < -0.3 is 10.2 Å². The van der Waals surface area contributed by atoms with E-state index in [4.69, 9.17) is 0 Å². The number of fused-ring (bicyclic) bond motifs is 1. The van der Waals surface area contributed by atoms with Gasteiger partial charge in [0.2, 0.25) is 15.9 Å². The van der Waals surface area contributed by atoms with Crippen LogP contribution in [0.3, 0.4) is 0 Å². The van der Waals surface area contributed by atoms with Crippen LogP contribution < -0.4 is 5.32 Å². The Morgan fingerprint density at radius 1 is 1.03 bits per heavy atom. The molecule has 0 atom stereocenters. The van der Waals surface area contributed by atoms with Crippen LogP contribution in [0.15, 0.2) is 41.3 Å². The number of carbonyl (C=O) groups excluding carboxylic acids is 1. The van der Waals surface area contributed by atoms with Crippen molar-refractivity contribution in [3.05, 3.63) is 58.9 Å². The molecule has 2 aliphatic rings. The number of aryl methyl sites for hydroxylation is 3. The first-order valence-corrected chi connectivity index (χ1v) is 11.7. The highest BCUT2D eigenvalue weighted by molar-refractivity contribution is 7.89. The van der Waals surface area contributed by atoms with E-state index in [9.17, 15) is 17.6 Å². The molecular weight excluding hydrogens is 405 g/mol. The van der Waals surface area contributed by atoms with Crippen LogP contribution in [0.1, 0.15) is 23.1 Å². The highest BCUT2D eigenvalue weighted by Gasteiger charge is 2.30. The highest BCUT2D eigenvalue weighted by Crippen LogP contribution is 2.26. The Bertz CT molecular complexity index is 1060. The lowest BCUT2D eigenvalue weighted by atomic mass is 10.1. The fourth-order valence-electron chi connectivity index (χ4n) is 4.14. The second-order valence-electron chi connectivity index (χ2n) is 7.88. The highest BCUT2D eigenvalue weighted by atomic mass is 32.2. The summed E-state index contributed by atoms with van der Waals surface area (Å²) in [5, 5.41) is 3.04. The summed E-state index contributed by atoms with van der Waals surface area (Å²) < 4.78 is 40.7. The van der Waals surface area contributed by atoms with Gasteiger partial charge in [-0.1, -0.05) is 6.07 Å². The molecule has 0 unspecified atom stereocenters. The van der Waals surface area contributed by atoms with Gasteiger partial charge in [-0.25, -0.2) is 12.8 Å². The van der Waals surface area contributed by atoms with Crippen molar-refractivity contribution in [1.29, 1.82) is 0 Å². The van der Waals surface area contributed by atoms with Gasteiger partial charge in [0.05, 0.1) is 11.4 Å². The Kier molecular flexibility index (Phi) is 5.79. The maximum atomic E-state index is 13.2. The lowest BCUT2D eigenvalue weighted by molar-refractivity contribution is -0.130. The molecule has 1 fully saturated rings. The Hall–Kier alpha value is -2.45. The number of sulfonamides is 1. The van der Waals surface area contributed by atoms with Crippen molar-refractivity contribution in [1.82, 2.24) is 9.21 Å². The molecule has 1 aliphatic heterocycles. The Morgan fingerprint density at radius 2 is 1.77 bits per heavy atom. The monoisotopic (exact) mass is 431 g/mol. The zero-order chi connectivity index (χ0) is 21.3. The van der Waals surface area contributed by atoms with E-state index in [-0.39, 0.29) is 31.4 Å². The number of amides is 1. The zero-order valence-corrected chi connectivity index (χ0v) is 17.8. The molecule has 0 aromatic heterocycles. The molecule has 0 saturated carbocycles. The van der Waals surface area contributed by atoms with Crippen molar-refractivity contribution in [2.24, 2.45) is 0 Å². The minimum Gasteiger partial charge on any atom is -0.376 e. The molecule has 1 heterocycles. The summed E-state index contributed by atoms with van der Waals surface area (Å²) in [4.78, 5) is 14.5. The van der Waals surface area contributed by atoms with Gasteiger partial charge in [0.25, 0.3) is 0 Å². The number of carbonyl (C=O) groups is 1. The van der Waals surface area contributed by atoms with E-state index in [2.05, 4.69) is 5.32 Å². The normalized spacial score (nSPS) is 17.1. The van der Waals surface area contributed by atoms with E-state index >= 15 is 0 Å². The summed E-state index contributed by atoms with van der Waals surface area (Å²) in [7, 11) is -3.55. The molecular formula is C22H26FN3O3S. The number of halogens is 1. The van der Waals surface area contributed by atoms with Gasteiger partial charge in [0.15, 0.2) is 0 Å². The third kappa shape index (κ3) is 4.20. The molecule has 1 N–H and O–H groups in total. The fourth-order valence-corrected chi connectivity index (χ4v) is 5.62. The number of rotatable bonds is 5. The third-order valence-corrected chi connectivity index (χ3v) is 7.81. The summed E-state index contributed by atoms with van der Waals surface area (Å²) >= 11 is 0. The van der Waals surface area contributed by atoms with Crippen molar-refractivity contribution >= 4 is 21.6 Å². The van der Waals surface area contributed by atoms with Crippen molar-refractivity contribution in [2.45, 2.75) is 31.1 Å². The molecule has 4 rings (SSSR count). The van der Waals surface area contributed by atoms with Gasteiger partial charge >= 0.3 is 0 Å². The quantitative estimate of drug-likeness (QED) is 0.790. The molecule has 1 amide bonds. The summed E-state index contributed by atoms with van der Waals surface area (Å²) in [6, 6.07) is 9.81. The van der Waals surface area contributed by atoms with Gasteiger partial charge in [-0.15, -0.1) is 0 Å². The number of hydrogen-bond acceptors (Lipinski definition) is 4. The predicted octanol–water partition coefficient (Wildman–Crippen LogP) is 2.57. The summed E-state index contributed by atoms with van der Waals surface area (Å²) in [5.74, 6) is -0.418. The molecule has 160 valence electrons. The van der Waals surface area contributed by atoms with Gasteiger partial charge in [-0.2, -0.15) is 4.31 Å². The number of anilines is 1. The Labute approximate surface area is 176 Å². The number of piperazine rings is 1. The van der Waals surface area contributed by atoms with Crippen LogP contribution in [0, 0.1) is 12.7 Å². The van der Waals surface area contributed by atoms with Crippen LogP contribution in [0.4, 0.5) is 10.1 Å². The molecule has 6 nitrogen and oxygen atoms in total. The van der Waals surface area contributed by atoms with Crippen LogP contribution >= 0.6 is 0 Å². The average molecular weight is 432 g/mol. The molecule has 8 heteroatoms. The molecule has 0 radical (unpaired) electrons. The largest absolute Gasteiger partial charge is 0.376 e. The third-order valence-electron chi connectivity index (χ3n) is 5.92. The van der Waals surface area contributed by atoms with Gasteiger partial charge in [-0.3, -0.25) is 4.79 Å². The van der Waals surface area contributed by atoms with Crippen LogP contribution in [0.5, 0.6) is 0 Å². The Morgan fingerprint density at radius 3 is 2.50 bits per heavy atom. The average Bonchev–Trinajstić information content (AvgIpc) is 3.21. The van der Waals surface area contributed by atoms with E-state index in [0.717, 1.165) is 30.4 Å². The maximum absolute atomic E-state index is 13.2. The first kappa shape index (κ1) is 20.8. The topological polar surface area (TPSA) is 69.7 Å². The minimum absolute atomic E-state index is 0.0873. The number of hydrogen-bond donors (Lipinski definition) is 1. The fraction of sp³-hybridized carbons (Fsp3) is 0.409. The minimum atomic E-state index is -3.55. The van der Waals surface area contributed by atoms with Crippen molar-refractivity contribution in [2.75, 3.05) is 38.0 Å². The van der Waals surface area contributed by atoms with Crippen LogP contribution in [0.2, 0.25) is 0 Å². The molecule has 2 aromatic carbocycles. The smallest absolute Gasteiger partial charge is 0.243 e. The first-order chi connectivity index (χ1) is 14.3. The number of nitrogens with zero attached hydrogens (tertiary/aromatic N) is 2. The van der Waals surface area contributed by atoms with E-state index in [1.165, 1.54) is 22.0 Å². The van der Waals surface area contributed by atoms with Gasteiger partial charge in [-0.05, 0) is 73.2 Å². The molecule has 0 bridgehead atoms. The van der Waals surface area contributed by atoms with Crippen LogP contribution in [0.25, 0.3) is 0 Å². The second-order valence-corrected chi connectivity index (χ2v) is 9.82. The van der Waals surface area contributed by atoms with Crippen molar-refractivity contribution in [3.8, 4) is 0 Å². The molecule has 30 heavy (non-hydrogen) atoms. The van der Waals surface area contributed by atoms with Crippen LogP contribution in [-0.4, -0.2) is 56.3 Å². The van der Waals surface area contributed by atoms with Gasteiger partial charge in [0.1, 0.15) is 5.82 Å². The standard InChI is InChI=1S/C22H26FN3O3S/c1-16-13-19(23)6-8-21(16)24-15-22(27)25-9-11-26(12-10-25)30(28,29)20-7-5-17-3-2-4-18(17)14-20/h5-8,13-14,24H,2-4,9-12,15H2,1H3. The van der Waals surface area contributed by atoms with Crippen LogP contribution in [-0.2, 0) is 27.7 Å². The molecule has 0 spiro atoms. The SMILES string of the molecule is Cc1cc(F)ccc1NCC(=O)N1CCN(S(=O)(=O)c2ccc3c(c2)CCC3)CC1. The lowest BCUT2D eigenvalue weighted by Crippen LogP contribution is -2.51. The molecule has 1 aliphatic carbocycles. The van der Waals surface area contributed by atoms with E-state index in [0.29, 0.717) is 23.7 Å². The summed E-state index contributed by atoms with van der Waals surface area (Å²) in [5.41, 5.74) is 3.82. The predicted molar refractivity (Wildman–Crippen MR) is 113 cm³/mol. The zero-order valence-electron chi connectivity index (χ0n) is 17.0.